The number of piperidine rings is 1. The average Bonchev–Trinajstić information content (AvgIpc) is 2.62. The molecular formula is C20H26N4O. The van der Waals surface area contributed by atoms with Gasteiger partial charge in [-0.1, -0.05) is 25.1 Å². The summed E-state index contributed by atoms with van der Waals surface area (Å²) >= 11 is 0. The molecule has 1 atom stereocenters. The lowest BCUT2D eigenvalue weighted by Gasteiger charge is -2.31. The third kappa shape index (κ3) is 3.98. The molecule has 2 aromatic rings. The minimum Gasteiger partial charge on any atom is -0.337 e. The molecule has 5 nitrogen and oxygen atoms in total. The maximum absolute atomic E-state index is 12.9. The van der Waals surface area contributed by atoms with Crippen LogP contribution in [0.5, 0.6) is 0 Å². The Kier molecular flexibility index (Phi) is 5.31. The summed E-state index contributed by atoms with van der Waals surface area (Å²) in [6.07, 6.45) is 2.25. The van der Waals surface area contributed by atoms with Gasteiger partial charge in [0.05, 0.1) is 0 Å². The minimum atomic E-state index is 0.0161. The van der Waals surface area contributed by atoms with Crippen LogP contribution in [0.4, 0.5) is 11.5 Å². The molecule has 0 aliphatic carbocycles. The summed E-state index contributed by atoms with van der Waals surface area (Å²) in [7, 11) is 0. The highest BCUT2D eigenvalue weighted by molar-refractivity contribution is 5.93. The number of benzene rings is 1. The van der Waals surface area contributed by atoms with E-state index in [-0.39, 0.29) is 5.91 Å². The predicted molar refractivity (Wildman–Crippen MR) is 100 cm³/mol. The van der Waals surface area contributed by atoms with Crippen molar-refractivity contribution in [2.45, 2.75) is 33.6 Å². The van der Waals surface area contributed by atoms with Crippen LogP contribution in [0.1, 0.15) is 43.0 Å². The molecule has 25 heavy (non-hydrogen) atoms. The number of carbonyl (C=O) groups is 1. The minimum absolute atomic E-state index is 0.0161. The number of para-hydroxylation sites is 1. The number of amides is 1. The van der Waals surface area contributed by atoms with Gasteiger partial charge in [0.1, 0.15) is 17.3 Å². The highest BCUT2D eigenvalue weighted by Gasteiger charge is 2.24. The summed E-state index contributed by atoms with van der Waals surface area (Å²) in [5, 5.41) is 0. The van der Waals surface area contributed by atoms with Gasteiger partial charge in [-0.2, -0.15) is 0 Å². The van der Waals surface area contributed by atoms with Gasteiger partial charge in [0.2, 0.25) is 0 Å². The van der Waals surface area contributed by atoms with E-state index >= 15 is 0 Å². The van der Waals surface area contributed by atoms with E-state index in [9.17, 15) is 4.79 Å². The molecule has 2 heterocycles. The first-order chi connectivity index (χ1) is 12.1. The van der Waals surface area contributed by atoms with Crippen molar-refractivity contribution in [2.24, 2.45) is 5.92 Å². The zero-order chi connectivity index (χ0) is 17.8. The van der Waals surface area contributed by atoms with Crippen LogP contribution < -0.4 is 4.90 Å². The molecule has 0 radical (unpaired) electrons. The van der Waals surface area contributed by atoms with Gasteiger partial charge in [0.15, 0.2) is 0 Å². The SMILES string of the molecule is CCN(c1ccccc1)c1cc(C(=O)N2CCCC(C)C2)nc(C)n1. The van der Waals surface area contributed by atoms with Crippen LogP contribution in [-0.2, 0) is 0 Å². The van der Waals surface area contributed by atoms with Crippen LogP contribution in [0.3, 0.4) is 0 Å². The highest BCUT2D eigenvalue weighted by atomic mass is 16.2. The molecule has 1 unspecified atom stereocenters. The fourth-order valence-electron chi connectivity index (χ4n) is 3.42. The Hall–Kier alpha value is -2.43. The van der Waals surface area contributed by atoms with Crippen molar-refractivity contribution < 1.29 is 4.79 Å². The highest BCUT2D eigenvalue weighted by Crippen LogP contribution is 2.24. The van der Waals surface area contributed by atoms with Gasteiger partial charge in [0.25, 0.3) is 5.91 Å². The van der Waals surface area contributed by atoms with Crippen LogP contribution in [0.25, 0.3) is 0 Å². The average molecular weight is 338 g/mol. The number of carbonyl (C=O) groups excluding carboxylic acids is 1. The van der Waals surface area contributed by atoms with Gasteiger partial charge in [0, 0.05) is 31.4 Å². The summed E-state index contributed by atoms with van der Waals surface area (Å²) in [5.41, 5.74) is 1.55. The first kappa shape index (κ1) is 17.4. The van der Waals surface area contributed by atoms with Crippen molar-refractivity contribution >= 4 is 17.4 Å². The second-order valence-corrected chi connectivity index (χ2v) is 6.74. The number of likely N-dealkylation sites (tertiary alicyclic amines) is 1. The van der Waals surface area contributed by atoms with Crippen LogP contribution in [0, 0.1) is 12.8 Å². The van der Waals surface area contributed by atoms with Crippen molar-refractivity contribution in [1.29, 1.82) is 0 Å². The summed E-state index contributed by atoms with van der Waals surface area (Å²) < 4.78 is 0. The third-order valence-corrected chi connectivity index (χ3v) is 4.65. The Bertz CT molecular complexity index is 732. The van der Waals surface area contributed by atoms with Gasteiger partial charge in [-0.3, -0.25) is 4.79 Å². The molecule has 3 rings (SSSR count). The number of aryl methyl sites for hydroxylation is 1. The smallest absolute Gasteiger partial charge is 0.272 e. The lowest BCUT2D eigenvalue weighted by atomic mass is 10.00. The van der Waals surface area contributed by atoms with E-state index in [1.807, 2.05) is 36.1 Å². The molecule has 132 valence electrons. The van der Waals surface area contributed by atoms with Gasteiger partial charge >= 0.3 is 0 Å². The number of hydrogen-bond donors (Lipinski definition) is 0. The van der Waals surface area contributed by atoms with Crippen LogP contribution in [-0.4, -0.2) is 40.4 Å². The Balaban J connectivity index is 1.91. The second-order valence-electron chi connectivity index (χ2n) is 6.74. The molecule has 0 N–H and O–H groups in total. The Labute approximate surface area is 149 Å². The fraction of sp³-hybridized carbons (Fsp3) is 0.450. The first-order valence-electron chi connectivity index (χ1n) is 9.06. The van der Waals surface area contributed by atoms with E-state index in [4.69, 9.17) is 0 Å². The topological polar surface area (TPSA) is 49.3 Å². The van der Waals surface area contributed by atoms with Crippen molar-refractivity contribution in [3.05, 3.63) is 47.9 Å². The molecule has 1 aliphatic heterocycles. The largest absolute Gasteiger partial charge is 0.337 e. The molecule has 1 saturated heterocycles. The number of rotatable bonds is 4. The molecule has 0 spiro atoms. The Morgan fingerprint density at radius 3 is 2.72 bits per heavy atom. The van der Waals surface area contributed by atoms with E-state index in [0.717, 1.165) is 37.6 Å². The maximum Gasteiger partial charge on any atom is 0.272 e. The summed E-state index contributed by atoms with van der Waals surface area (Å²) in [6.45, 7) is 8.53. The zero-order valence-electron chi connectivity index (χ0n) is 15.3. The Morgan fingerprint density at radius 1 is 1.28 bits per heavy atom. The number of hydrogen-bond acceptors (Lipinski definition) is 4. The van der Waals surface area contributed by atoms with Crippen LogP contribution >= 0.6 is 0 Å². The number of anilines is 2. The third-order valence-electron chi connectivity index (χ3n) is 4.65. The number of aromatic nitrogens is 2. The molecule has 5 heteroatoms. The summed E-state index contributed by atoms with van der Waals surface area (Å²) in [6, 6.07) is 11.9. The standard InChI is InChI=1S/C20H26N4O/c1-4-24(17-10-6-5-7-11-17)19-13-18(21-16(3)22-19)20(25)23-12-8-9-15(2)14-23/h5-7,10-11,13,15H,4,8-9,12,14H2,1-3H3. The van der Waals surface area contributed by atoms with Gasteiger partial charge in [-0.25, -0.2) is 9.97 Å². The lowest BCUT2D eigenvalue weighted by Crippen LogP contribution is -2.39. The number of nitrogens with zero attached hydrogens (tertiary/aromatic N) is 4. The van der Waals surface area contributed by atoms with Gasteiger partial charge in [-0.05, 0) is 44.7 Å². The van der Waals surface area contributed by atoms with E-state index in [2.05, 4.69) is 40.8 Å². The van der Waals surface area contributed by atoms with Crippen molar-refractivity contribution in [2.75, 3.05) is 24.5 Å². The molecule has 0 bridgehead atoms. The van der Waals surface area contributed by atoms with Gasteiger partial charge < -0.3 is 9.80 Å². The molecule has 1 amide bonds. The van der Waals surface area contributed by atoms with E-state index in [1.165, 1.54) is 6.42 Å². The second kappa shape index (κ2) is 7.64. The van der Waals surface area contributed by atoms with Gasteiger partial charge in [-0.15, -0.1) is 0 Å². The normalized spacial score (nSPS) is 17.4. The molecule has 0 saturated carbocycles. The molecular weight excluding hydrogens is 312 g/mol. The summed E-state index contributed by atoms with van der Waals surface area (Å²) in [5.74, 6) is 1.97. The monoisotopic (exact) mass is 338 g/mol. The van der Waals surface area contributed by atoms with E-state index in [1.54, 1.807) is 0 Å². The molecule has 1 aliphatic rings. The van der Waals surface area contributed by atoms with Crippen LogP contribution in [0.15, 0.2) is 36.4 Å². The Morgan fingerprint density at radius 2 is 2.04 bits per heavy atom. The quantitative estimate of drug-likeness (QED) is 0.850. The zero-order valence-corrected chi connectivity index (χ0v) is 15.3. The maximum atomic E-state index is 12.9. The van der Waals surface area contributed by atoms with E-state index in [0.29, 0.717) is 17.4 Å². The lowest BCUT2D eigenvalue weighted by molar-refractivity contribution is 0.0676. The molecule has 1 aromatic heterocycles. The summed E-state index contributed by atoms with van der Waals surface area (Å²) in [4.78, 5) is 25.9. The first-order valence-corrected chi connectivity index (χ1v) is 9.06. The van der Waals surface area contributed by atoms with E-state index < -0.39 is 0 Å². The van der Waals surface area contributed by atoms with Crippen molar-refractivity contribution in [3.63, 3.8) is 0 Å². The predicted octanol–water partition coefficient (Wildman–Crippen LogP) is 3.82. The van der Waals surface area contributed by atoms with Crippen LogP contribution in [0.2, 0.25) is 0 Å². The van der Waals surface area contributed by atoms with Crippen molar-refractivity contribution in [3.8, 4) is 0 Å². The van der Waals surface area contributed by atoms with Crippen molar-refractivity contribution in [1.82, 2.24) is 14.9 Å². The molecule has 1 fully saturated rings. The fourth-order valence-corrected chi connectivity index (χ4v) is 3.42. The molecule has 1 aromatic carbocycles.